The van der Waals surface area contributed by atoms with Gasteiger partial charge in [-0.05, 0) is 30.7 Å². The zero-order chi connectivity index (χ0) is 17.8. The van der Waals surface area contributed by atoms with Gasteiger partial charge in [-0.2, -0.15) is 0 Å². The van der Waals surface area contributed by atoms with E-state index >= 15 is 0 Å². The molecule has 1 unspecified atom stereocenters. The molecule has 0 saturated carbocycles. The molecular formula is C19H20F3NO2. The summed E-state index contributed by atoms with van der Waals surface area (Å²) < 4.78 is 51.3. The maximum atomic E-state index is 13.7. The van der Waals surface area contributed by atoms with Crippen LogP contribution < -0.4 is 4.74 Å². The highest BCUT2D eigenvalue weighted by Crippen LogP contribution is 2.30. The minimum Gasteiger partial charge on any atom is -0.451 e. The molecule has 0 bridgehead atoms. The van der Waals surface area contributed by atoms with Crippen molar-refractivity contribution in [1.82, 2.24) is 4.90 Å². The Labute approximate surface area is 145 Å². The first-order valence-electron chi connectivity index (χ1n) is 8.33. The molecule has 1 fully saturated rings. The predicted molar refractivity (Wildman–Crippen MR) is 88.3 cm³/mol. The molecular weight excluding hydrogens is 331 g/mol. The summed E-state index contributed by atoms with van der Waals surface area (Å²) >= 11 is 0. The van der Waals surface area contributed by atoms with Crippen LogP contribution in [0.25, 0.3) is 0 Å². The van der Waals surface area contributed by atoms with E-state index in [2.05, 4.69) is 11.8 Å². The molecule has 25 heavy (non-hydrogen) atoms. The summed E-state index contributed by atoms with van der Waals surface area (Å²) in [6, 6.07) is 8.05. The number of hydrogen-bond acceptors (Lipinski definition) is 3. The molecule has 0 aliphatic carbocycles. The van der Waals surface area contributed by atoms with Gasteiger partial charge < -0.3 is 9.47 Å². The number of ether oxygens (including phenoxy) is 2. The molecule has 1 heterocycles. The Bertz CT molecular complexity index is 696. The Morgan fingerprint density at radius 2 is 1.80 bits per heavy atom. The fraction of sp³-hybridized carbons (Fsp3) is 0.368. The third-order valence-electron chi connectivity index (χ3n) is 4.13. The van der Waals surface area contributed by atoms with Gasteiger partial charge in [0.2, 0.25) is 0 Å². The molecule has 0 N–H and O–H groups in total. The second-order valence-electron chi connectivity index (χ2n) is 6.03. The van der Waals surface area contributed by atoms with Crippen LogP contribution in [0.5, 0.6) is 11.5 Å². The van der Waals surface area contributed by atoms with Crippen LogP contribution in [0.2, 0.25) is 0 Å². The lowest BCUT2D eigenvalue weighted by Gasteiger charge is -2.33. The predicted octanol–water partition coefficient (Wildman–Crippen LogP) is 4.68. The largest absolute Gasteiger partial charge is 0.451 e. The second-order valence-corrected chi connectivity index (χ2v) is 6.03. The first kappa shape index (κ1) is 17.8. The number of halogens is 3. The maximum absolute atomic E-state index is 13.7. The van der Waals surface area contributed by atoms with Crippen LogP contribution >= 0.6 is 0 Å². The van der Waals surface area contributed by atoms with Gasteiger partial charge in [-0.25, -0.2) is 13.2 Å². The zero-order valence-electron chi connectivity index (χ0n) is 14.0. The minimum absolute atomic E-state index is 0.0337. The molecule has 1 saturated heterocycles. The molecule has 0 amide bonds. The molecule has 3 nitrogen and oxygen atoms in total. The highest BCUT2D eigenvalue weighted by molar-refractivity contribution is 5.35. The Morgan fingerprint density at radius 3 is 2.44 bits per heavy atom. The number of benzene rings is 2. The van der Waals surface area contributed by atoms with E-state index in [0.717, 1.165) is 31.6 Å². The smallest absolute Gasteiger partial charge is 0.198 e. The lowest BCUT2D eigenvalue weighted by Crippen LogP contribution is -2.38. The van der Waals surface area contributed by atoms with Crippen LogP contribution in [0.15, 0.2) is 36.4 Å². The second kappa shape index (κ2) is 7.89. The van der Waals surface area contributed by atoms with Crippen molar-refractivity contribution in [3.05, 3.63) is 59.4 Å². The lowest BCUT2D eigenvalue weighted by atomic mass is 10.1. The summed E-state index contributed by atoms with van der Waals surface area (Å²) in [5.41, 5.74) is 0.980. The summed E-state index contributed by atoms with van der Waals surface area (Å²) in [7, 11) is 0. The van der Waals surface area contributed by atoms with E-state index in [9.17, 15) is 13.2 Å². The SMILES string of the molecule is CCCN1CCOC(c2ccc(Oc3c(F)cc(F)cc3F)cc2)C1. The van der Waals surface area contributed by atoms with Gasteiger partial charge in [-0.1, -0.05) is 19.1 Å². The van der Waals surface area contributed by atoms with Crippen molar-refractivity contribution in [3.63, 3.8) is 0 Å². The first-order chi connectivity index (χ1) is 12.1. The van der Waals surface area contributed by atoms with Crippen molar-refractivity contribution in [2.45, 2.75) is 19.4 Å². The maximum Gasteiger partial charge on any atom is 0.198 e. The molecule has 0 aromatic heterocycles. The third kappa shape index (κ3) is 4.32. The van der Waals surface area contributed by atoms with E-state index in [0.29, 0.717) is 18.7 Å². The van der Waals surface area contributed by atoms with Gasteiger partial charge in [0.15, 0.2) is 17.4 Å². The standard InChI is InChI=1S/C19H20F3NO2/c1-2-7-23-8-9-24-18(12-23)13-3-5-15(6-4-13)25-19-16(21)10-14(20)11-17(19)22/h3-6,10-11,18H,2,7-9,12H2,1H3. The Morgan fingerprint density at radius 1 is 1.12 bits per heavy atom. The van der Waals surface area contributed by atoms with Crippen LogP contribution in [0.4, 0.5) is 13.2 Å². The molecule has 0 spiro atoms. The van der Waals surface area contributed by atoms with Crippen LogP contribution in [0.3, 0.4) is 0 Å². The van der Waals surface area contributed by atoms with Crippen LogP contribution in [0.1, 0.15) is 25.0 Å². The first-order valence-corrected chi connectivity index (χ1v) is 8.33. The van der Waals surface area contributed by atoms with Crippen molar-refractivity contribution in [2.24, 2.45) is 0 Å². The fourth-order valence-corrected chi connectivity index (χ4v) is 2.92. The average molecular weight is 351 g/mol. The van der Waals surface area contributed by atoms with Gasteiger partial charge in [0.25, 0.3) is 0 Å². The van der Waals surface area contributed by atoms with E-state index in [-0.39, 0.29) is 11.9 Å². The van der Waals surface area contributed by atoms with E-state index in [4.69, 9.17) is 9.47 Å². The number of hydrogen-bond donors (Lipinski definition) is 0. The summed E-state index contributed by atoms with van der Waals surface area (Å²) in [5.74, 6) is -3.48. The van der Waals surface area contributed by atoms with E-state index < -0.39 is 23.2 Å². The Balaban J connectivity index is 1.70. The summed E-state index contributed by atoms with van der Waals surface area (Å²) in [6.45, 7) is 5.59. The van der Waals surface area contributed by atoms with Gasteiger partial charge in [0.1, 0.15) is 11.6 Å². The Hall–Kier alpha value is -2.05. The normalized spacial score (nSPS) is 18.3. The summed E-state index contributed by atoms with van der Waals surface area (Å²) in [6.07, 6.45) is 1.06. The van der Waals surface area contributed by atoms with E-state index in [1.54, 1.807) is 12.1 Å². The topological polar surface area (TPSA) is 21.7 Å². The van der Waals surface area contributed by atoms with Gasteiger partial charge in [0.05, 0.1) is 12.7 Å². The highest BCUT2D eigenvalue weighted by Gasteiger charge is 2.21. The van der Waals surface area contributed by atoms with Crippen molar-refractivity contribution in [1.29, 1.82) is 0 Å². The molecule has 3 rings (SSSR count). The number of nitrogens with zero attached hydrogens (tertiary/aromatic N) is 1. The van der Waals surface area contributed by atoms with Crippen molar-refractivity contribution in [2.75, 3.05) is 26.2 Å². The van der Waals surface area contributed by atoms with E-state index in [1.165, 1.54) is 0 Å². The quantitative estimate of drug-likeness (QED) is 0.781. The molecule has 0 radical (unpaired) electrons. The van der Waals surface area contributed by atoms with E-state index in [1.807, 2.05) is 12.1 Å². The molecule has 1 aliphatic rings. The molecule has 2 aromatic carbocycles. The lowest BCUT2D eigenvalue weighted by molar-refractivity contribution is -0.0298. The van der Waals surface area contributed by atoms with Gasteiger partial charge in [-0.3, -0.25) is 4.90 Å². The van der Waals surface area contributed by atoms with Gasteiger partial charge >= 0.3 is 0 Å². The van der Waals surface area contributed by atoms with Crippen LogP contribution in [-0.2, 0) is 4.74 Å². The monoisotopic (exact) mass is 351 g/mol. The average Bonchev–Trinajstić information content (AvgIpc) is 2.59. The molecule has 6 heteroatoms. The fourth-order valence-electron chi connectivity index (χ4n) is 2.92. The zero-order valence-corrected chi connectivity index (χ0v) is 14.0. The summed E-state index contributed by atoms with van der Waals surface area (Å²) in [5, 5.41) is 0. The molecule has 2 aromatic rings. The van der Waals surface area contributed by atoms with Crippen LogP contribution in [0, 0.1) is 17.5 Å². The van der Waals surface area contributed by atoms with Gasteiger partial charge in [0, 0.05) is 25.2 Å². The number of morpholine rings is 1. The third-order valence-corrected chi connectivity index (χ3v) is 4.13. The molecule has 1 atom stereocenters. The molecule has 134 valence electrons. The van der Waals surface area contributed by atoms with Gasteiger partial charge in [-0.15, -0.1) is 0 Å². The van der Waals surface area contributed by atoms with Crippen molar-refractivity contribution < 1.29 is 22.6 Å². The van der Waals surface area contributed by atoms with Crippen molar-refractivity contribution in [3.8, 4) is 11.5 Å². The number of rotatable bonds is 5. The minimum atomic E-state index is -1.08. The highest BCUT2D eigenvalue weighted by atomic mass is 19.1. The van der Waals surface area contributed by atoms with Crippen molar-refractivity contribution >= 4 is 0 Å². The molecule has 1 aliphatic heterocycles. The summed E-state index contributed by atoms with van der Waals surface area (Å²) in [4.78, 5) is 2.35. The Kier molecular flexibility index (Phi) is 5.60. The van der Waals surface area contributed by atoms with Crippen LogP contribution in [-0.4, -0.2) is 31.1 Å².